The van der Waals surface area contributed by atoms with Crippen LogP contribution in [0.3, 0.4) is 0 Å². The van der Waals surface area contributed by atoms with Gasteiger partial charge in [-0.25, -0.2) is 19.9 Å². The van der Waals surface area contributed by atoms with Crippen LogP contribution in [0, 0.1) is 0 Å². The molecule has 0 aliphatic rings. The summed E-state index contributed by atoms with van der Waals surface area (Å²) in [5.74, 6) is 1.29. The summed E-state index contributed by atoms with van der Waals surface area (Å²) in [5.41, 5.74) is 10.1. The molecule has 8 heteroatoms. The molecule has 0 saturated heterocycles. The lowest BCUT2D eigenvalue weighted by Gasteiger charge is -2.15. The largest absolute Gasteiger partial charge is 0.276 e. The van der Waals surface area contributed by atoms with Crippen LogP contribution in [0.25, 0.3) is 151 Å². The third kappa shape index (κ3) is 5.15. The fourth-order valence-electron chi connectivity index (χ4n) is 11.5. The molecule has 0 aliphatic heterocycles. The molecule has 0 spiro atoms. The molecule has 6 aromatic heterocycles. The average Bonchev–Trinajstić information content (AvgIpc) is 4.19. The van der Waals surface area contributed by atoms with Gasteiger partial charge in [-0.15, -0.1) is 22.7 Å². The molecule has 0 aliphatic carbocycles. The van der Waals surface area contributed by atoms with Gasteiger partial charge in [0, 0.05) is 85.2 Å². The van der Waals surface area contributed by atoms with Crippen LogP contribution in [0.2, 0.25) is 0 Å². The summed E-state index contributed by atoms with van der Waals surface area (Å²) >= 11 is 3.72. The predicted octanol–water partition coefficient (Wildman–Crippen LogP) is 17.0. The summed E-state index contributed by atoms with van der Waals surface area (Å²) < 4.78 is 9.58. The fourth-order valence-corrected chi connectivity index (χ4v) is 14.0. The lowest BCUT2D eigenvalue weighted by Crippen LogP contribution is -2.04. The summed E-state index contributed by atoms with van der Waals surface area (Å²) in [7, 11) is 0. The number of rotatable bonds is 4. The molecule has 0 amide bonds. The van der Waals surface area contributed by atoms with E-state index in [1.807, 2.05) is 22.7 Å². The average molecular weight is 927 g/mol. The highest BCUT2D eigenvalue weighted by atomic mass is 32.1. The van der Waals surface area contributed by atoms with Gasteiger partial charge in [0.25, 0.3) is 0 Å². The van der Waals surface area contributed by atoms with E-state index in [4.69, 9.17) is 19.9 Å². The van der Waals surface area contributed by atoms with Gasteiger partial charge in [-0.3, -0.25) is 9.13 Å². The monoisotopic (exact) mass is 926 g/mol. The van der Waals surface area contributed by atoms with Crippen LogP contribution in [0.15, 0.2) is 206 Å². The van der Waals surface area contributed by atoms with Crippen LogP contribution in [-0.2, 0) is 0 Å². The SMILES string of the molecule is c1ccc(-c2nc(-n3c4ccccc4c4c5c6c7ccccc7sc6c6c(c7ccccc7n6-c6nc(-c7ccccc7)c7ccccc7n6)c5c5c6ccccc6sc5c43)nc3ccccc23)cc1. The molecule has 6 nitrogen and oxygen atoms in total. The van der Waals surface area contributed by atoms with Crippen molar-refractivity contribution < 1.29 is 0 Å². The topological polar surface area (TPSA) is 61.4 Å². The second-order valence-electron chi connectivity index (χ2n) is 18.0. The van der Waals surface area contributed by atoms with Crippen molar-refractivity contribution in [3.05, 3.63) is 206 Å². The van der Waals surface area contributed by atoms with E-state index in [1.54, 1.807) is 0 Å². The van der Waals surface area contributed by atoms with E-state index in [0.29, 0.717) is 11.9 Å². The van der Waals surface area contributed by atoms with Gasteiger partial charge in [0.1, 0.15) is 0 Å². The third-order valence-corrected chi connectivity index (χ3v) is 16.7. The van der Waals surface area contributed by atoms with Crippen LogP contribution in [-0.4, -0.2) is 29.1 Å². The first-order chi connectivity index (χ1) is 34.8. The maximum atomic E-state index is 5.58. The Morgan fingerprint density at radius 1 is 0.286 bits per heavy atom. The molecular weight excluding hydrogens is 893 g/mol. The summed E-state index contributed by atoms with van der Waals surface area (Å²) in [6, 6.07) is 73.5. The summed E-state index contributed by atoms with van der Waals surface area (Å²) in [6.07, 6.45) is 0. The number of hydrogen-bond donors (Lipinski definition) is 0. The Morgan fingerprint density at radius 3 is 1.09 bits per heavy atom. The van der Waals surface area contributed by atoms with Crippen molar-refractivity contribution in [3.63, 3.8) is 0 Å². The maximum Gasteiger partial charge on any atom is 0.235 e. The van der Waals surface area contributed by atoms with Crippen molar-refractivity contribution in [2.24, 2.45) is 0 Å². The summed E-state index contributed by atoms with van der Waals surface area (Å²) in [4.78, 5) is 22.1. The first-order valence-corrected chi connectivity index (χ1v) is 25.1. The second-order valence-corrected chi connectivity index (χ2v) is 20.1. The molecule has 0 unspecified atom stereocenters. The van der Waals surface area contributed by atoms with E-state index in [0.717, 1.165) is 77.2 Å². The van der Waals surface area contributed by atoms with Crippen molar-refractivity contribution in [1.82, 2.24) is 29.1 Å². The number of hydrogen-bond acceptors (Lipinski definition) is 6. The Labute approximate surface area is 406 Å². The number of aromatic nitrogens is 6. The van der Waals surface area contributed by atoms with Crippen molar-refractivity contribution in [2.45, 2.75) is 0 Å². The normalized spacial score (nSPS) is 12.3. The molecule has 16 aromatic rings. The van der Waals surface area contributed by atoms with Gasteiger partial charge < -0.3 is 0 Å². The molecule has 0 bridgehead atoms. The highest BCUT2D eigenvalue weighted by molar-refractivity contribution is 7.27. The lowest BCUT2D eigenvalue weighted by molar-refractivity contribution is 1.02. The second kappa shape index (κ2) is 14.4. The van der Waals surface area contributed by atoms with Crippen molar-refractivity contribution in [2.75, 3.05) is 0 Å². The first-order valence-electron chi connectivity index (χ1n) is 23.5. The molecule has 324 valence electrons. The molecule has 6 heterocycles. The zero-order valence-corrected chi connectivity index (χ0v) is 38.8. The first kappa shape index (κ1) is 38.2. The van der Waals surface area contributed by atoms with Gasteiger partial charge in [-0.05, 0) is 36.4 Å². The van der Waals surface area contributed by atoms with E-state index in [1.165, 1.54) is 61.9 Å². The molecule has 0 saturated carbocycles. The van der Waals surface area contributed by atoms with E-state index < -0.39 is 0 Å². The highest BCUT2D eigenvalue weighted by Crippen LogP contribution is 2.56. The van der Waals surface area contributed by atoms with Crippen molar-refractivity contribution >= 4 is 139 Å². The zero-order chi connectivity index (χ0) is 45.6. The molecule has 70 heavy (non-hydrogen) atoms. The molecule has 0 N–H and O–H groups in total. The van der Waals surface area contributed by atoms with Crippen LogP contribution in [0.1, 0.15) is 0 Å². The van der Waals surface area contributed by atoms with Gasteiger partial charge in [0.2, 0.25) is 11.9 Å². The Balaban J connectivity index is 1.17. The molecule has 0 atom stereocenters. The fraction of sp³-hybridized carbons (Fsp3) is 0. The summed E-state index contributed by atoms with van der Waals surface area (Å²) in [6.45, 7) is 0. The maximum absolute atomic E-state index is 5.58. The number of para-hydroxylation sites is 4. The number of benzene rings is 10. The van der Waals surface area contributed by atoms with Crippen LogP contribution < -0.4 is 0 Å². The number of fused-ring (bicyclic) bond motifs is 21. The molecule has 10 aromatic carbocycles. The Hall–Kier alpha value is -8.82. The smallest absolute Gasteiger partial charge is 0.235 e. The lowest BCUT2D eigenvalue weighted by atomic mass is 9.92. The number of thiophene rings is 2. The minimum Gasteiger partial charge on any atom is -0.276 e. The van der Waals surface area contributed by atoms with Crippen LogP contribution >= 0.6 is 22.7 Å². The zero-order valence-electron chi connectivity index (χ0n) is 37.1. The molecule has 16 rings (SSSR count). The van der Waals surface area contributed by atoms with Crippen LogP contribution in [0.5, 0.6) is 0 Å². The van der Waals surface area contributed by atoms with Gasteiger partial charge in [0.15, 0.2) is 0 Å². The Morgan fingerprint density at radius 2 is 0.643 bits per heavy atom. The van der Waals surface area contributed by atoms with E-state index in [9.17, 15) is 0 Å². The third-order valence-electron chi connectivity index (χ3n) is 14.3. The minimum absolute atomic E-state index is 0.647. The van der Waals surface area contributed by atoms with Gasteiger partial charge >= 0.3 is 0 Å². The van der Waals surface area contributed by atoms with E-state index >= 15 is 0 Å². The van der Waals surface area contributed by atoms with Gasteiger partial charge in [-0.2, -0.15) is 0 Å². The number of nitrogens with zero attached hydrogens (tertiary/aromatic N) is 6. The van der Waals surface area contributed by atoms with Gasteiger partial charge in [0.05, 0.1) is 53.9 Å². The summed E-state index contributed by atoms with van der Waals surface area (Å²) in [5, 5.41) is 14.1. The predicted molar refractivity (Wildman–Crippen MR) is 295 cm³/mol. The quantitative estimate of drug-likeness (QED) is 0.176. The Bertz CT molecular complexity index is 4580. The van der Waals surface area contributed by atoms with E-state index in [-0.39, 0.29) is 0 Å². The van der Waals surface area contributed by atoms with Crippen LogP contribution in [0.4, 0.5) is 0 Å². The molecule has 0 radical (unpaired) electrons. The molecular formula is C62H34N6S2. The van der Waals surface area contributed by atoms with E-state index in [2.05, 4.69) is 215 Å². The molecule has 0 fully saturated rings. The van der Waals surface area contributed by atoms with Gasteiger partial charge in [-0.1, -0.05) is 170 Å². The van der Waals surface area contributed by atoms with Crippen molar-refractivity contribution in [3.8, 4) is 34.4 Å². The minimum atomic E-state index is 0.647. The standard InChI is InChI=1S/C62H34N6S2/c1-3-19-35(20-4-1)55-37-23-7-13-29-43(37)63-61(65-55)67-45-31-15-9-25-39(45)49-53-52-42-28-12-18-34-48(42)70-60(52)58-50(54(53)51-41-27-11-17-33-47(41)69-59(51)57(49)67)40-26-10-16-32-46(40)68(58)62-64-44-30-14-8-24-38(44)56(66-62)36-21-5-2-6-22-36/h1-34H. The highest BCUT2D eigenvalue weighted by Gasteiger charge is 2.30. The van der Waals surface area contributed by atoms with Crippen molar-refractivity contribution in [1.29, 1.82) is 0 Å². The Kier molecular flexibility index (Phi) is 7.83.